The van der Waals surface area contributed by atoms with E-state index in [4.69, 9.17) is 15.9 Å². The summed E-state index contributed by atoms with van der Waals surface area (Å²) in [7, 11) is -4.41. The van der Waals surface area contributed by atoms with Gasteiger partial charge in [0.25, 0.3) is 10.2 Å². The van der Waals surface area contributed by atoms with E-state index in [0.29, 0.717) is 0 Å². The van der Waals surface area contributed by atoms with Gasteiger partial charge in [-0.3, -0.25) is 10.1 Å². The minimum absolute atomic E-state index is 0.0325. The van der Waals surface area contributed by atoms with Gasteiger partial charge in [0, 0.05) is 0 Å². The summed E-state index contributed by atoms with van der Waals surface area (Å²) in [6.45, 7) is -1.98. The molecule has 0 fully saturated rings. The number of alkyl halides is 3. The van der Waals surface area contributed by atoms with Crippen molar-refractivity contribution >= 4 is 21.7 Å². The van der Waals surface area contributed by atoms with Crippen LogP contribution in [0.4, 0.5) is 18.9 Å². The summed E-state index contributed by atoms with van der Waals surface area (Å²) >= 11 is 0. The highest BCUT2D eigenvalue weighted by atomic mass is 32.2. The fourth-order valence-electron chi connectivity index (χ4n) is 1.19. The molecule has 0 spiro atoms. The van der Waals surface area contributed by atoms with Crippen LogP contribution in [0.5, 0.6) is 5.75 Å². The van der Waals surface area contributed by atoms with Crippen LogP contribution >= 0.6 is 0 Å². The Kier molecular flexibility index (Phi) is 5.38. The Hall–Kier alpha value is -2.01. The molecule has 7 nitrogen and oxygen atoms in total. The molecule has 0 atom stereocenters. The summed E-state index contributed by atoms with van der Waals surface area (Å²) in [5, 5.41) is 7.01. The van der Waals surface area contributed by atoms with Gasteiger partial charge in [0.1, 0.15) is 24.7 Å². The van der Waals surface area contributed by atoms with Crippen molar-refractivity contribution in [3.05, 3.63) is 24.3 Å². The normalized spacial score (nSPS) is 12.0. The number of para-hydroxylation sites is 2. The van der Waals surface area contributed by atoms with Gasteiger partial charge >= 0.3 is 6.18 Å². The quantitative estimate of drug-likeness (QED) is 0.438. The fraction of sp³-hybridized carbons (Fsp3) is 0.300. The SMILES string of the molecule is N=C(N)COc1ccccc1NS(=O)(=O)NCC(F)(F)F. The molecular weight excluding hydrogens is 313 g/mol. The van der Waals surface area contributed by atoms with Gasteiger partial charge < -0.3 is 10.5 Å². The van der Waals surface area contributed by atoms with E-state index in [2.05, 4.69) is 0 Å². The highest BCUT2D eigenvalue weighted by Gasteiger charge is 2.29. The number of amidine groups is 1. The molecule has 0 radical (unpaired) electrons. The summed E-state index contributed by atoms with van der Waals surface area (Å²) in [6.07, 6.45) is -4.67. The molecule has 1 rings (SSSR count). The van der Waals surface area contributed by atoms with Gasteiger partial charge in [-0.1, -0.05) is 12.1 Å². The van der Waals surface area contributed by atoms with Crippen LogP contribution in [0.15, 0.2) is 24.3 Å². The van der Waals surface area contributed by atoms with E-state index < -0.39 is 22.9 Å². The van der Waals surface area contributed by atoms with Crippen molar-refractivity contribution in [2.45, 2.75) is 6.18 Å². The zero-order chi connectivity index (χ0) is 16.1. The molecule has 1 aromatic carbocycles. The molecule has 0 saturated heterocycles. The molecule has 0 aliphatic heterocycles. The van der Waals surface area contributed by atoms with Crippen LogP contribution < -0.4 is 19.9 Å². The van der Waals surface area contributed by atoms with Gasteiger partial charge in [0.15, 0.2) is 0 Å². The van der Waals surface area contributed by atoms with Crippen molar-refractivity contribution in [1.29, 1.82) is 5.41 Å². The van der Waals surface area contributed by atoms with E-state index in [0.717, 1.165) is 0 Å². The number of hydrogen-bond acceptors (Lipinski definition) is 4. The Morgan fingerprint density at radius 1 is 1.33 bits per heavy atom. The van der Waals surface area contributed by atoms with Crippen LogP contribution in [0.1, 0.15) is 0 Å². The van der Waals surface area contributed by atoms with E-state index in [1.54, 1.807) is 0 Å². The van der Waals surface area contributed by atoms with Crippen molar-refractivity contribution in [1.82, 2.24) is 4.72 Å². The van der Waals surface area contributed by atoms with Crippen molar-refractivity contribution in [2.75, 3.05) is 17.9 Å². The third kappa shape index (κ3) is 6.81. The average Bonchev–Trinajstić information content (AvgIpc) is 2.34. The van der Waals surface area contributed by atoms with Crippen molar-refractivity contribution < 1.29 is 26.3 Å². The second-order valence-electron chi connectivity index (χ2n) is 3.85. The van der Waals surface area contributed by atoms with Crippen LogP contribution in [0.2, 0.25) is 0 Å². The Bertz CT molecular complexity index is 604. The lowest BCUT2D eigenvalue weighted by molar-refractivity contribution is -0.121. The standard InChI is InChI=1S/C10H13F3N4O3S/c11-10(12,13)6-16-21(18,19)17-7-3-1-2-4-8(7)20-5-9(14)15/h1-4,16-17H,5-6H2,(H3,14,15). The third-order valence-corrected chi connectivity index (χ3v) is 2.99. The maximum atomic E-state index is 12.0. The van der Waals surface area contributed by atoms with Gasteiger partial charge in [0.05, 0.1) is 5.69 Å². The predicted octanol–water partition coefficient (Wildman–Crippen LogP) is 0.810. The number of rotatable bonds is 7. The van der Waals surface area contributed by atoms with Gasteiger partial charge in [-0.05, 0) is 12.1 Å². The number of nitrogens with one attached hydrogen (secondary N) is 3. The smallest absolute Gasteiger partial charge is 0.402 e. The third-order valence-electron chi connectivity index (χ3n) is 1.98. The van der Waals surface area contributed by atoms with Crippen LogP contribution in [0.3, 0.4) is 0 Å². The lowest BCUT2D eigenvalue weighted by Gasteiger charge is -2.14. The first kappa shape index (κ1) is 17.0. The number of hydrogen-bond donors (Lipinski definition) is 4. The van der Waals surface area contributed by atoms with Crippen LogP contribution in [0.25, 0.3) is 0 Å². The predicted molar refractivity (Wildman–Crippen MR) is 70.5 cm³/mol. The minimum Gasteiger partial charge on any atom is -0.484 e. The van der Waals surface area contributed by atoms with Crippen molar-refractivity contribution in [3.8, 4) is 5.75 Å². The Morgan fingerprint density at radius 2 is 1.95 bits per heavy atom. The molecule has 0 unspecified atom stereocenters. The van der Waals surface area contributed by atoms with Crippen LogP contribution in [-0.2, 0) is 10.2 Å². The van der Waals surface area contributed by atoms with E-state index in [-0.39, 0.29) is 23.9 Å². The molecule has 1 aromatic rings. The molecular formula is C10H13F3N4O3S. The summed E-state index contributed by atoms with van der Waals surface area (Å²) in [5.41, 5.74) is 5.02. The van der Waals surface area contributed by atoms with Crippen LogP contribution in [-0.4, -0.2) is 33.6 Å². The van der Waals surface area contributed by atoms with Gasteiger partial charge in [-0.15, -0.1) is 0 Å². The first-order valence-electron chi connectivity index (χ1n) is 5.48. The number of benzene rings is 1. The largest absolute Gasteiger partial charge is 0.484 e. The molecule has 118 valence electrons. The number of halogens is 3. The lowest BCUT2D eigenvalue weighted by Crippen LogP contribution is -2.37. The monoisotopic (exact) mass is 326 g/mol. The summed E-state index contributed by atoms with van der Waals surface area (Å²) < 4.78 is 67.3. The average molecular weight is 326 g/mol. The maximum absolute atomic E-state index is 12.0. The number of nitrogens with two attached hydrogens (primary N) is 1. The molecule has 0 amide bonds. The lowest BCUT2D eigenvalue weighted by atomic mass is 10.3. The Labute approximate surface area is 119 Å². The zero-order valence-corrected chi connectivity index (χ0v) is 11.4. The summed E-state index contributed by atoms with van der Waals surface area (Å²) in [5.74, 6) is -0.257. The first-order chi connectivity index (χ1) is 9.59. The maximum Gasteiger partial charge on any atom is 0.402 e. The number of anilines is 1. The molecule has 21 heavy (non-hydrogen) atoms. The Balaban J connectivity index is 2.79. The highest BCUT2D eigenvalue weighted by molar-refractivity contribution is 7.90. The molecule has 0 aliphatic rings. The molecule has 0 aliphatic carbocycles. The van der Waals surface area contributed by atoms with E-state index >= 15 is 0 Å². The molecule has 0 bridgehead atoms. The van der Waals surface area contributed by atoms with Crippen LogP contribution in [0, 0.1) is 5.41 Å². The molecule has 5 N–H and O–H groups in total. The van der Waals surface area contributed by atoms with Crippen molar-refractivity contribution in [2.24, 2.45) is 5.73 Å². The second kappa shape index (κ2) is 6.63. The van der Waals surface area contributed by atoms with Gasteiger partial charge in [-0.25, -0.2) is 0 Å². The summed E-state index contributed by atoms with van der Waals surface area (Å²) in [6, 6.07) is 5.66. The zero-order valence-electron chi connectivity index (χ0n) is 10.6. The molecule has 11 heteroatoms. The molecule has 0 heterocycles. The van der Waals surface area contributed by atoms with Gasteiger partial charge in [-0.2, -0.15) is 26.3 Å². The van der Waals surface area contributed by atoms with E-state index in [9.17, 15) is 21.6 Å². The number of ether oxygens (including phenoxy) is 1. The first-order valence-corrected chi connectivity index (χ1v) is 6.96. The second-order valence-corrected chi connectivity index (χ2v) is 5.35. The summed E-state index contributed by atoms with van der Waals surface area (Å²) in [4.78, 5) is 0. The highest BCUT2D eigenvalue weighted by Crippen LogP contribution is 2.24. The fourth-order valence-corrected chi connectivity index (χ4v) is 2.07. The van der Waals surface area contributed by atoms with E-state index in [1.165, 1.54) is 29.0 Å². The van der Waals surface area contributed by atoms with Gasteiger partial charge in [0.2, 0.25) is 0 Å². The van der Waals surface area contributed by atoms with Crippen molar-refractivity contribution in [3.63, 3.8) is 0 Å². The minimum atomic E-state index is -4.67. The molecule has 0 saturated carbocycles. The van der Waals surface area contributed by atoms with E-state index in [1.807, 2.05) is 4.72 Å². The topological polar surface area (TPSA) is 117 Å². The molecule has 0 aromatic heterocycles. The Morgan fingerprint density at radius 3 is 2.52 bits per heavy atom.